The van der Waals surface area contributed by atoms with Gasteiger partial charge in [0.2, 0.25) is 0 Å². The predicted molar refractivity (Wildman–Crippen MR) is 102 cm³/mol. The second kappa shape index (κ2) is 6.14. The van der Waals surface area contributed by atoms with Gasteiger partial charge >= 0.3 is 5.97 Å². The third kappa shape index (κ3) is 3.51. The van der Waals surface area contributed by atoms with Crippen LogP contribution in [0, 0.1) is 0 Å². The van der Waals surface area contributed by atoms with Gasteiger partial charge in [-0.2, -0.15) is 0 Å². The number of carboxylic acids is 1. The third-order valence-corrected chi connectivity index (χ3v) is 5.35. The summed E-state index contributed by atoms with van der Waals surface area (Å²) in [5.41, 5.74) is 5.34. The molecule has 0 spiro atoms. The smallest absolute Gasteiger partial charge is 0.335 e. The van der Waals surface area contributed by atoms with Gasteiger partial charge in [-0.05, 0) is 70.7 Å². The third-order valence-electron chi connectivity index (χ3n) is 5.35. The van der Waals surface area contributed by atoms with E-state index in [0.29, 0.717) is 0 Å². The van der Waals surface area contributed by atoms with Crippen molar-refractivity contribution in [3.63, 3.8) is 0 Å². The molecule has 0 bridgehead atoms. The van der Waals surface area contributed by atoms with Crippen molar-refractivity contribution >= 4 is 17.9 Å². The number of carboxylic acid groups (broad SMARTS) is 1. The molecule has 1 aliphatic carbocycles. The highest BCUT2D eigenvalue weighted by atomic mass is 16.4. The van der Waals surface area contributed by atoms with E-state index in [4.69, 9.17) is 5.11 Å². The highest BCUT2D eigenvalue weighted by molar-refractivity contribution is 5.88. The Labute approximate surface area is 149 Å². The number of hydrogen-bond acceptors (Lipinski definition) is 2. The topological polar surface area (TPSA) is 49.7 Å². The van der Waals surface area contributed by atoms with Crippen LogP contribution in [-0.2, 0) is 10.8 Å². The summed E-state index contributed by atoms with van der Waals surface area (Å²) in [5.74, 6) is -0.921. The molecule has 0 heterocycles. The van der Waals surface area contributed by atoms with Gasteiger partial charge in [-0.1, -0.05) is 39.8 Å². The standard InChI is InChI=1S/C22H25NO2/c1-21(2)11-12-22(3,4)19-13-15(5-10-18(19)21)14-23-17-8-6-16(7-9-17)20(24)25/h5-10,13-14H,11-12H2,1-4H3,(H,24,25). The number of aliphatic imine (C=N–C) groups is 1. The molecule has 0 unspecified atom stereocenters. The molecule has 25 heavy (non-hydrogen) atoms. The van der Waals surface area contributed by atoms with E-state index in [1.54, 1.807) is 24.3 Å². The molecule has 0 aromatic heterocycles. The van der Waals surface area contributed by atoms with Crippen LogP contribution in [0.5, 0.6) is 0 Å². The summed E-state index contributed by atoms with van der Waals surface area (Å²) in [4.78, 5) is 15.4. The molecule has 0 radical (unpaired) electrons. The monoisotopic (exact) mass is 335 g/mol. The molecule has 2 aromatic carbocycles. The van der Waals surface area contributed by atoms with E-state index in [-0.39, 0.29) is 16.4 Å². The minimum atomic E-state index is -0.921. The van der Waals surface area contributed by atoms with Crippen LogP contribution in [0.2, 0.25) is 0 Å². The summed E-state index contributed by atoms with van der Waals surface area (Å²) in [6.07, 6.45) is 4.24. The summed E-state index contributed by atoms with van der Waals surface area (Å²) >= 11 is 0. The number of hydrogen-bond donors (Lipinski definition) is 1. The molecule has 130 valence electrons. The lowest BCUT2D eigenvalue weighted by Gasteiger charge is -2.42. The molecular formula is C22H25NO2. The fraction of sp³-hybridized carbons (Fsp3) is 0.364. The van der Waals surface area contributed by atoms with Crippen molar-refractivity contribution in [2.75, 3.05) is 0 Å². The van der Waals surface area contributed by atoms with Gasteiger partial charge in [0, 0.05) is 6.21 Å². The lowest BCUT2D eigenvalue weighted by atomic mass is 9.63. The lowest BCUT2D eigenvalue weighted by molar-refractivity contribution is 0.0697. The normalized spacial score (nSPS) is 18.1. The Morgan fingerprint density at radius 2 is 1.56 bits per heavy atom. The van der Waals surface area contributed by atoms with Gasteiger partial charge in [0.05, 0.1) is 11.3 Å². The molecule has 0 saturated heterocycles. The Kier molecular flexibility index (Phi) is 4.28. The number of benzene rings is 2. The van der Waals surface area contributed by atoms with E-state index in [1.165, 1.54) is 24.0 Å². The Morgan fingerprint density at radius 1 is 0.960 bits per heavy atom. The first-order valence-corrected chi connectivity index (χ1v) is 8.71. The van der Waals surface area contributed by atoms with Gasteiger partial charge in [-0.25, -0.2) is 4.79 Å². The van der Waals surface area contributed by atoms with E-state index < -0.39 is 5.97 Å². The highest BCUT2D eigenvalue weighted by Crippen LogP contribution is 2.45. The van der Waals surface area contributed by atoms with Crippen LogP contribution in [0.1, 0.15) is 67.6 Å². The van der Waals surface area contributed by atoms with Crippen LogP contribution >= 0.6 is 0 Å². The summed E-state index contributed by atoms with van der Waals surface area (Å²) in [7, 11) is 0. The fourth-order valence-electron chi connectivity index (χ4n) is 3.53. The average molecular weight is 335 g/mol. The van der Waals surface area contributed by atoms with Crippen LogP contribution in [0.25, 0.3) is 0 Å². The summed E-state index contributed by atoms with van der Waals surface area (Å²) in [6.45, 7) is 9.26. The molecule has 1 aliphatic rings. The maximum absolute atomic E-state index is 10.9. The Balaban J connectivity index is 1.90. The maximum atomic E-state index is 10.9. The van der Waals surface area contributed by atoms with Crippen molar-refractivity contribution in [2.45, 2.75) is 51.4 Å². The molecule has 0 fully saturated rings. The molecule has 0 atom stereocenters. The van der Waals surface area contributed by atoms with Gasteiger partial charge in [0.1, 0.15) is 0 Å². The second-order valence-electron chi connectivity index (χ2n) is 8.18. The zero-order valence-corrected chi connectivity index (χ0v) is 15.3. The van der Waals surface area contributed by atoms with Gasteiger partial charge in [-0.3, -0.25) is 4.99 Å². The van der Waals surface area contributed by atoms with Gasteiger partial charge in [-0.15, -0.1) is 0 Å². The second-order valence-corrected chi connectivity index (χ2v) is 8.18. The molecule has 0 aliphatic heterocycles. The predicted octanol–water partition coefficient (Wildman–Crippen LogP) is 5.48. The molecule has 0 amide bonds. The molecule has 1 N–H and O–H groups in total. The number of nitrogens with zero attached hydrogens (tertiary/aromatic N) is 1. The Morgan fingerprint density at radius 3 is 2.16 bits per heavy atom. The minimum Gasteiger partial charge on any atom is -0.478 e. The number of fused-ring (bicyclic) bond motifs is 1. The van der Waals surface area contributed by atoms with E-state index in [0.717, 1.165) is 11.3 Å². The highest BCUT2D eigenvalue weighted by Gasteiger charge is 2.36. The Hall–Kier alpha value is -2.42. The SMILES string of the molecule is CC1(C)CCC(C)(C)c2cc(C=Nc3ccc(C(=O)O)cc3)ccc21. The van der Waals surface area contributed by atoms with Gasteiger partial charge < -0.3 is 5.11 Å². The van der Waals surface area contributed by atoms with Crippen molar-refractivity contribution in [3.8, 4) is 0 Å². The van der Waals surface area contributed by atoms with Crippen molar-refractivity contribution in [3.05, 3.63) is 64.7 Å². The van der Waals surface area contributed by atoms with Crippen molar-refractivity contribution in [1.82, 2.24) is 0 Å². The summed E-state index contributed by atoms with van der Waals surface area (Å²) in [5, 5.41) is 8.95. The molecular weight excluding hydrogens is 310 g/mol. The van der Waals surface area contributed by atoms with Gasteiger partial charge in [0.15, 0.2) is 0 Å². The van der Waals surface area contributed by atoms with Crippen LogP contribution in [0.3, 0.4) is 0 Å². The first kappa shape index (κ1) is 17.4. The zero-order valence-electron chi connectivity index (χ0n) is 15.3. The Bertz CT molecular complexity index is 830. The quantitative estimate of drug-likeness (QED) is 0.755. The molecule has 3 rings (SSSR count). The van der Waals surface area contributed by atoms with Crippen LogP contribution in [0.15, 0.2) is 47.5 Å². The number of aromatic carboxylic acids is 1. The first-order valence-electron chi connectivity index (χ1n) is 8.71. The first-order chi connectivity index (χ1) is 11.7. The number of rotatable bonds is 3. The van der Waals surface area contributed by atoms with Crippen molar-refractivity contribution in [1.29, 1.82) is 0 Å². The molecule has 2 aromatic rings. The van der Waals surface area contributed by atoms with Gasteiger partial charge in [0.25, 0.3) is 0 Å². The largest absolute Gasteiger partial charge is 0.478 e. The van der Waals surface area contributed by atoms with Crippen molar-refractivity contribution < 1.29 is 9.90 Å². The lowest BCUT2D eigenvalue weighted by Crippen LogP contribution is -2.33. The maximum Gasteiger partial charge on any atom is 0.335 e. The summed E-state index contributed by atoms with van der Waals surface area (Å²) < 4.78 is 0. The number of carbonyl (C=O) groups is 1. The van der Waals surface area contributed by atoms with Crippen LogP contribution < -0.4 is 0 Å². The fourth-order valence-corrected chi connectivity index (χ4v) is 3.53. The van der Waals surface area contributed by atoms with E-state index in [2.05, 4.69) is 50.9 Å². The zero-order chi connectivity index (χ0) is 18.2. The van der Waals surface area contributed by atoms with E-state index >= 15 is 0 Å². The minimum absolute atomic E-state index is 0.178. The molecule has 0 saturated carbocycles. The molecule has 3 nitrogen and oxygen atoms in total. The van der Waals surface area contributed by atoms with Crippen LogP contribution in [-0.4, -0.2) is 17.3 Å². The van der Waals surface area contributed by atoms with Crippen LogP contribution in [0.4, 0.5) is 5.69 Å². The van der Waals surface area contributed by atoms with E-state index in [9.17, 15) is 4.79 Å². The average Bonchev–Trinajstić information content (AvgIpc) is 2.57. The van der Waals surface area contributed by atoms with Crippen molar-refractivity contribution in [2.24, 2.45) is 4.99 Å². The molecule has 3 heteroatoms. The van der Waals surface area contributed by atoms with E-state index in [1.807, 2.05) is 6.21 Å². The summed E-state index contributed by atoms with van der Waals surface area (Å²) in [6, 6.07) is 13.2.